The van der Waals surface area contributed by atoms with Gasteiger partial charge in [-0.05, 0) is 65.4 Å². The number of amides is 2. The van der Waals surface area contributed by atoms with Crippen LogP contribution in [0.4, 0.5) is 23.7 Å². The van der Waals surface area contributed by atoms with Gasteiger partial charge in [0.2, 0.25) is 0 Å². The Kier molecular flexibility index (Phi) is 8.85. The highest BCUT2D eigenvalue weighted by atomic mass is 19.4. The molecule has 0 radical (unpaired) electrons. The third kappa shape index (κ3) is 7.16. The molecule has 2 amide bonds. The number of nitrogens with zero attached hydrogens (tertiary/aromatic N) is 1. The number of carbonyl (C=O) groups is 1. The van der Waals surface area contributed by atoms with Crippen molar-refractivity contribution in [2.24, 2.45) is 0 Å². The van der Waals surface area contributed by atoms with Crippen LogP contribution in [0.1, 0.15) is 42.0 Å². The summed E-state index contributed by atoms with van der Waals surface area (Å²) in [5.74, 6) is 1.55. The smallest absolute Gasteiger partial charge is 0.416 e. The molecule has 3 aromatic rings. The third-order valence-electron chi connectivity index (χ3n) is 5.89. The van der Waals surface area contributed by atoms with Crippen molar-refractivity contribution in [2.75, 3.05) is 26.1 Å². The van der Waals surface area contributed by atoms with Gasteiger partial charge < -0.3 is 19.7 Å². The van der Waals surface area contributed by atoms with Crippen LogP contribution in [0.3, 0.4) is 0 Å². The molecular formula is C28H31F3N2O3. The average molecular weight is 501 g/mol. The SMILES string of the molecule is COc1ccc(CCN(Cc2ccc(C(F)(F)F)cc2)C(=O)Nc2ccc(C(C)C)cc2)cc1OC. The van der Waals surface area contributed by atoms with Crippen molar-refractivity contribution in [3.8, 4) is 11.5 Å². The number of nitrogens with one attached hydrogen (secondary N) is 1. The Morgan fingerprint density at radius 3 is 2.06 bits per heavy atom. The molecule has 0 aromatic heterocycles. The highest BCUT2D eigenvalue weighted by Gasteiger charge is 2.30. The van der Waals surface area contributed by atoms with Gasteiger partial charge in [0, 0.05) is 18.8 Å². The number of urea groups is 1. The number of alkyl halides is 3. The first-order chi connectivity index (χ1) is 17.1. The molecule has 0 heterocycles. The summed E-state index contributed by atoms with van der Waals surface area (Å²) in [6.45, 7) is 4.68. The number of ether oxygens (including phenoxy) is 2. The Morgan fingerprint density at radius 2 is 1.50 bits per heavy atom. The molecule has 192 valence electrons. The maximum absolute atomic E-state index is 13.2. The zero-order valence-electron chi connectivity index (χ0n) is 20.9. The molecule has 8 heteroatoms. The number of hydrogen-bond donors (Lipinski definition) is 1. The number of hydrogen-bond acceptors (Lipinski definition) is 3. The summed E-state index contributed by atoms with van der Waals surface area (Å²) < 4.78 is 49.5. The molecule has 0 atom stereocenters. The first kappa shape index (κ1) is 26.9. The molecule has 1 N–H and O–H groups in total. The Labute approximate surface area is 209 Å². The van der Waals surface area contributed by atoms with Crippen LogP contribution in [-0.2, 0) is 19.1 Å². The van der Waals surface area contributed by atoms with Gasteiger partial charge in [0.1, 0.15) is 0 Å². The lowest BCUT2D eigenvalue weighted by atomic mass is 10.0. The molecule has 0 aliphatic carbocycles. The fraction of sp³-hybridized carbons (Fsp3) is 0.321. The maximum Gasteiger partial charge on any atom is 0.416 e. The van der Waals surface area contributed by atoms with Gasteiger partial charge >= 0.3 is 12.2 Å². The van der Waals surface area contributed by atoms with Crippen molar-refractivity contribution in [3.63, 3.8) is 0 Å². The average Bonchev–Trinajstić information content (AvgIpc) is 2.86. The van der Waals surface area contributed by atoms with Crippen LogP contribution >= 0.6 is 0 Å². The summed E-state index contributed by atoms with van der Waals surface area (Å²) in [5, 5.41) is 2.90. The molecular weight excluding hydrogens is 469 g/mol. The van der Waals surface area contributed by atoms with Crippen molar-refractivity contribution in [1.29, 1.82) is 0 Å². The lowest BCUT2D eigenvalue weighted by molar-refractivity contribution is -0.137. The summed E-state index contributed by atoms with van der Waals surface area (Å²) in [7, 11) is 3.11. The van der Waals surface area contributed by atoms with Gasteiger partial charge in [0.25, 0.3) is 0 Å². The topological polar surface area (TPSA) is 50.8 Å². The van der Waals surface area contributed by atoms with E-state index >= 15 is 0 Å². The molecule has 3 rings (SSSR count). The quantitative estimate of drug-likeness (QED) is 0.340. The second-order valence-corrected chi connectivity index (χ2v) is 8.76. The van der Waals surface area contributed by atoms with E-state index in [1.807, 2.05) is 36.4 Å². The Morgan fingerprint density at radius 1 is 0.889 bits per heavy atom. The number of benzene rings is 3. The van der Waals surface area contributed by atoms with Gasteiger partial charge in [-0.25, -0.2) is 4.79 Å². The summed E-state index contributed by atoms with van der Waals surface area (Å²) in [4.78, 5) is 14.8. The molecule has 0 fully saturated rings. The molecule has 5 nitrogen and oxygen atoms in total. The van der Waals surface area contributed by atoms with E-state index in [2.05, 4.69) is 19.2 Å². The number of rotatable bonds is 9. The Balaban J connectivity index is 1.78. The number of halogens is 3. The Hall–Kier alpha value is -3.68. The van der Waals surface area contributed by atoms with E-state index in [1.165, 1.54) is 12.1 Å². The molecule has 36 heavy (non-hydrogen) atoms. The highest BCUT2D eigenvalue weighted by molar-refractivity contribution is 5.89. The van der Waals surface area contributed by atoms with Crippen LogP contribution in [0.25, 0.3) is 0 Å². The van der Waals surface area contributed by atoms with Gasteiger partial charge in [-0.3, -0.25) is 0 Å². The largest absolute Gasteiger partial charge is 0.493 e. The summed E-state index contributed by atoms with van der Waals surface area (Å²) >= 11 is 0. The molecule has 0 saturated heterocycles. The number of carbonyl (C=O) groups excluding carboxylic acids is 1. The highest BCUT2D eigenvalue weighted by Crippen LogP contribution is 2.30. The second-order valence-electron chi connectivity index (χ2n) is 8.76. The van der Waals surface area contributed by atoms with Crippen molar-refractivity contribution in [3.05, 3.63) is 89.0 Å². The van der Waals surface area contributed by atoms with Crippen LogP contribution < -0.4 is 14.8 Å². The molecule has 0 spiro atoms. The summed E-state index contributed by atoms with van der Waals surface area (Å²) in [5.41, 5.74) is 2.61. The molecule has 3 aromatic carbocycles. The van der Waals surface area contributed by atoms with Crippen LogP contribution in [-0.4, -0.2) is 31.7 Å². The Bertz CT molecular complexity index is 1140. The van der Waals surface area contributed by atoms with Crippen molar-refractivity contribution in [2.45, 2.75) is 38.9 Å². The zero-order chi connectivity index (χ0) is 26.3. The van der Waals surface area contributed by atoms with Crippen molar-refractivity contribution >= 4 is 11.7 Å². The van der Waals surface area contributed by atoms with Crippen LogP contribution in [0.2, 0.25) is 0 Å². The minimum Gasteiger partial charge on any atom is -0.493 e. The first-order valence-electron chi connectivity index (χ1n) is 11.6. The third-order valence-corrected chi connectivity index (χ3v) is 5.89. The fourth-order valence-electron chi connectivity index (χ4n) is 3.73. The van der Waals surface area contributed by atoms with Crippen LogP contribution in [0.15, 0.2) is 66.7 Å². The standard InChI is InChI=1S/C28H31F3N2O3/c1-19(2)22-8-12-24(13-9-22)32-27(34)33(18-21-5-10-23(11-6-21)28(29,30)31)16-15-20-7-14-25(35-3)26(17-20)36-4/h5-14,17,19H,15-16,18H2,1-4H3,(H,32,34). The van der Waals surface area contributed by atoms with Gasteiger partial charge in [-0.15, -0.1) is 0 Å². The normalized spacial score (nSPS) is 11.3. The van der Waals surface area contributed by atoms with Crippen molar-refractivity contribution in [1.82, 2.24) is 4.90 Å². The molecule has 0 aliphatic heterocycles. The van der Waals surface area contributed by atoms with Gasteiger partial charge in [0.05, 0.1) is 19.8 Å². The summed E-state index contributed by atoms with van der Waals surface area (Å²) in [6.07, 6.45) is -3.90. The van der Waals surface area contributed by atoms with Crippen molar-refractivity contribution < 1.29 is 27.4 Å². The minimum atomic E-state index is -4.41. The van der Waals surface area contributed by atoms with E-state index in [9.17, 15) is 18.0 Å². The van der Waals surface area contributed by atoms with Crippen LogP contribution in [0.5, 0.6) is 11.5 Å². The number of methoxy groups -OCH3 is 2. The molecule has 0 unspecified atom stereocenters. The molecule has 0 saturated carbocycles. The minimum absolute atomic E-state index is 0.154. The first-order valence-corrected chi connectivity index (χ1v) is 11.6. The zero-order valence-corrected chi connectivity index (χ0v) is 20.9. The van der Waals surface area contributed by atoms with E-state index in [-0.39, 0.29) is 12.6 Å². The van der Waals surface area contributed by atoms with Gasteiger partial charge in [0.15, 0.2) is 11.5 Å². The number of anilines is 1. The van der Waals surface area contributed by atoms with Gasteiger partial charge in [-0.2, -0.15) is 13.2 Å². The molecule has 0 aliphatic rings. The molecule has 0 bridgehead atoms. The fourth-order valence-corrected chi connectivity index (χ4v) is 3.73. The second kappa shape index (κ2) is 11.8. The van der Waals surface area contributed by atoms with E-state index < -0.39 is 11.7 Å². The predicted octanol–water partition coefficient (Wildman–Crippen LogP) is 7.12. The van der Waals surface area contributed by atoms with E-state index in [1.54, 1.807) is 25.2 Å². The predicted molar refractivity (Wildman–Crippen MR) is 135 cm³/mol. The van der Waals surface area contributed by atoms with Crippen LogP contribution in [0, 0.1) is 0 Å². The lowest BCUT2D eigenvalue weighted by Crippen LogP contribution is -2.36. The van der Waals surface area contributed by atoms with E-state index in [0.29, 0.717) is 41.6 Å². The monoisotopic (exact) mass is 500 g/mol. The van der Waals surface area contributed by atoms with E-state index in [0.717, 1.165) is 23.3 Å². The maximum atomic E-state index is 13.2. The summed E-state index contributed by atoms with van der Waals surface area (Å²) in [6, 6.07) is 17.7. The van der Waals surface area contributed by atoms with Gasteiger partial charge in [-0.1, -0.05) is 44.2 Å². The van der Waals surface area contributed by atoms with E-state index in [4.69, 9.17) is 9.47 Å². The lowest BCUT2D eigenvalue weighted by Gasteiger charge is -2.24.